The van der Waals surface area contributed by atoms with Gasteiger partial charge in [0.25, 0.3) is 0 Å². The number of amides is 1. The van der Waals surface area contributed by atoms with Gasteiger partial charge in [0.1, 0.15) is 12.4 Å². The number of hydrogen-bond donors (Lipinski definition) is 1. The highest BCUT2D eigenvalue weighted by Crippen LogP contribution is 2.17. The molecule has 1 saturated heterocycles. The summed E-state index contributed by atoms with van der Waals surface area (Å²) in [6.45, 7) is 3.08. The van der Waals surface area contributed by atoms with Crippen LogP contribution in [0.5, 0.6) is 5.75 Å². The zero-order valence-electron chi connectivity index (χ0n) is 13.2. The van der Waals surface area contributed by atoms with E-state index in [1.807, 2.05) is 54.6 Å². The molecule has 0 atom stereocenters. The fourth-order valence-electron chi connectivity index (χ4n) is 2.72. The first-order valence-corrected chi connectivity index (χ1v) is 8.08. The number of carbonyl (C=O) groups excluding carboxylic acids is 1. The number of likely N-dealkylation sites (tertiary alicyclic amines) is 1. The first-order valence-electron chi connectivity index (χ1n) is 8.08. The van der Waals surface area contributed by atoms with Crippen LogP contribution in [-0.2, 0) is 11.4 Å². The number of nitrogens with zero attached hydrogens (tertiary/aromatic N) is 1. The lowest BCUT2D eigenvalue weighted by Crippen LogP contribution is -2.30. The lowest BCUT2D eigenvalue weighted by Gasteiger charge is -2.14. The maximum absolute atomic E-state index is 12.0. The van der Waals surface area contributed by atoms with Gasteiger partial charge in [0.15, 0.2) is 0 Å². The molecular formula is C19H22N2O2. The van der Waals surface area contributed by atoms with Gasteiger partial charge in [-0.2, -0.15) is 0 Å². The van der Waals surface area contributed by atoms with Crippen LogP contribution >= 0.6 is 0 Å². The summed E-state index contributed by atoms with van der Waals surface area (Å²) in [5.41, 5.74) is 1.94. The van der Waals surface area contributed by atoms with Crippen LogP contribution in [0.3, 0.4) is 0 Å². The van der Waals surface area contributed by atoms with Gasteiger partial charge in [0, 0.05) is 5.69 Å². The molecule has 2 aromatic carbocycles. The second-order valence-electron chi connectivity index (χ2n) is 5.83. The quantitative estimate of drug-likeness (QED) is 0.890. The average Bonchev–Trinajstić information content (AvgIpc) is 3.08. The second-order valence-corrected chi connectivity index (χ2v) is 5.83. The van der Waals surface area contributed by atoms with Gasteiger partial charge in [-0.3, -0.25) is 9.69 Å². The van der Waals surface area contributed by atoms with E-state index in [1.54, 1.807) is 0 Å². The molecule has 1 N–H and O–H groups in total. The Morgan fingerprint density at radius 1 is 1.00 bits per heavy atom. The molecule has 1 aliphatic rings. The highest BCUT2D eigenvalue weighted by atomic mass is 16.5. The standard InChI is InChI=1S/C19H22N2O2/c22-19(14-21-12-4-5-13-21)20-17-8-10-18(11-9-17)23-15-16-6-2-1-3-7-16/h1-3,6-11H,4-5,12-15H2,(H,20,22). The smallest absolute Gasteiger partial charge is 0.238 e. The average molecular weight is 310 g/mol. The van der Waals surface area contributed by atoms with Crippen molar-refractivity contribution < 1.29 is 9.53 Å². The van der Waals surface area contributed by atoms with E-state index in [0.29, 0.717) is 13.2 Å². The van der Waals surface area contributed by atoms with Crippen molar-refractivity contribution in [3.05, 3.63) is 60.2 Å². The highest BCUT2D eigenvalue weighted by molar-refractivity contribution is 5.92. The molecule has 0 radical (unpaired) electrons. The number of benzene rings is 2. The Kier molecular flexibility index (Phi) is 5.27. The molecule has 1 fully saturated rings. The summed E-state index contributed by atoms with van der Waals surface area (Å²) in [6.07, 6.45) is 2.39. The molecule has 1 heterocycles. The van der Waals surface area contributed by atoms with Crippen molar-refractivity contribution in [3.63, 3.8) is 0 Å². The van der Waals surface area contributed by atoms with Crippen LogP contribution in [0.1, 0.15) is 18.4 Å². The van der Waals surface area contributed by atoms with Crippen molar-refractivity contribution in [1.82, 2.24) is 4.90 Å². The van der Waals surface area contributed by atoms with Gasteiger partial charge < -0.3 is 10.1 Å². The molecule has 4 nitrogen and oxygen atoms in total. The topological polar surface area (TPSA) is 41.6 Å². The Morgan fingerprint density at radius 3 is 2.39 bits per heavy atom. The molecule has 0 spiro atoms. The first kappa shape index (κ1) is 15.6. The van der Waals surface area contributed by atoms with E-state index in [4.69, 9.17) is 4.74 Å². The monoisotopic (exact) mass is 310 g/mol. The molecule has 1 amide bonds. The Hall–Kier alpha value is -2.33. The van der Waals surface area contributed by atoms with Crippen molar-refractivity contribution >= 4 is 11.6 Å². The molecule has 0 bridgehead atoms. The van der Waals surface area contributed by atoms with E-state index in [1.165, 1.54) is 12.8 Å². The minimum atomic E-state index is 0.0462. The van der Waals surface area contributed by atoms with Gasteiger partial charge in [-0.1, -0.05) is 30.3 Å². The molecule has 3 rings (SSSR count). The summed E-state index contributed by atoms with van der Waals surface area (Å²) in [5.74, 6) is 0.844. The van der Waals surface area contributed by atoms with Gasteiger partial charge >= 0.3 is 0 Å². The van der Waals surface area contributed by atoms with Crippen LogP contribution in [0, 0.1) is 0 Å². The number of rotatable bonds is 6. The fourth-order valence-corrected chi connectivity index (χ4v) is 2.72. The van der Waals surface area contributed by atoms with Crippen molar-refractivity contribution in [3.8, 4) is 5.75 Å². The molecular weight excluding hydrogens is 288 g/mol. The summed E-state index contributed by atoms with van der Waals surface area (Å²) >= 11 is 0. The second kappa shape index (κ2) is 7.79. The van der Waals surface area contributed by atoms with E-state index in [0.717, 1.165) is 30.1 Å². The van der Waals surface area contributed by atoms with E-state index >= 15 is 0 Å². The number of anilines is 1. The summed E-state index contributed by atoms with van der Waals surface area (Å²) in [5, 5.41) is 2.93. The Bertz CT molecular complexity index is 620. The van der Waals surface area contributed by atoms with Gasteiger partial charge in [-0.25, -0.2) is 0 Å². The van der Waals surface area contributed by atoms with E-state index in [2.05, 4.69) is 10.2 Å². The number of ether oxygens (including phenoxy) is 1. The molecule has 0 unspecified atom stereocenters. The predicted octanol–water partition coefficient (Wildman–Crippen LogP) is 3.30. The van der Waals surface area contributed by atoms with Crippen LogP contribution < -0.4 is 10.1 Å². The van der Waals surface area contributed by atoms with E-state index < -0.39 is 0 Å². The molecule has 0 aromatic heterocycles. The summed E-state index contributed by atoms with van der Waals surface area (Å²) < 4.78 is 5.74. The van der Waals surface area contributed by atoms with Crippen molar-refractivity contribution in [2.75, 3.05) is 25.0 Å². The zero-order chi connectivity index (χ0) is 15.9. The van der Waals surface area contributed by atoms with Crippen LogP contribution in [0.2, 0.25) is 0 Å². The molecule has 0 aliphatic carbocycles. The number of hydrogen-bond acceptors (Lipinski definition) is 3. The normalized spacial score (nSPS) is 14.6. The lowest BCUT2D eigenvalue weighted by molar-refractivity contribution is -0.117. The van der Waals surface area contributed by atoms with Gasteiger partial charge in [0.2, 0.25) is 5.91 Å². The molecule has 120 valence electrons. The summed E-state index contributed by atoms with van der Waals surface area (Å²) in [4.78, 5) is 14.2. The zero-order valence-corrected chi connectivity index (χ0v) is 13.2. The lowest BCUT2D eigenvalue weighted by atomic mass is 10.2. The van der Waals surface area contributed by atoms with E-state index in [-0.39, 0.29) is 5.91 Å². The van der Waals surface area contributed by atoms with Gasteiger partial charge in [-0.05, 0) is 55.8 Å². The molecule has 2 aromatic rings. The maximum Gasteiger partial charge on any atom is 0.238 e. The third kappa shape index (κ3) is 4.83. The SMILES string of the molecule is O=C(CN1CCCC1)Nc1ccc(OCc2ccccc2)cc1. The molecule has 1 aliphatic heterocycles. The Balaban J connectivity index is 1.47. The number of nitrogens with one attached hydrogen (secondary N) is 1. The largest absolute Gasteiger partial charge is 0.489 e. The van der Waals surface area contributed by atoms with Gasteiger partial charge in [-0.15, -0.1) is 0 Å². The van der Waals surface area contributed by atoms with Crippen LogP contribution in [0.15, 0.2) is 54.6 Å². The highest BCUT2D eigenvalue weighted by Gasteiger charge is 2.14. The Labute approximate surface area is 137 Å². The Morgan fingerprint density at radius 2 is 1.70 bits per heavy atom. The first-order chi connectivity index (χ1) is 11.3. The minimum absolute atomic E-state index is 0.0462. The third-order valence-electron chi connectivity index (χ3n) is 3.95. The maximum atomic E-state index is 12.0. The van der Waals surface area contributed by atoms with Crippen molar-refractivity contribution in [2.45, 2.75) is 19.4 Å². The van der Waals surface area contributed by atoms with Crippen LogP contribution in [-0.4, -0.2) is 30.4 Å². The summed E-state index contributed by atoms with van der Waals surface area (Å²) in [6, 6.07) is 17.6. The van der Waals surface area contributed by atoms with Crippen molar-refractivity contribution in [2.24, 2.45) is 0 Å². The van der Waals surface area contributed by atoms with E-state index in [9.17, 15) is 4.79 Å². The molecule has 4 heteroatoms. The fraction of sp³-hybridized carbons (Fsp3) is 0.316. The summed E-state index contributed by atoms with van der Waals surface area (Å²) in [7, 11) is 0. The molecule has 23 heavy (non-hydrogen) atoms. The predicted molar refractivity (Wildman–Crippen MR) is 91.5 cm³/mol. The molecule has 0 saturated carbocycles. The minimum Gasteiger partial charge on any atom is -0.489 e. The van der Waals surface area contributed by atoms with Gasteiger partial charge in [0.05, 0.1) is 6.54 Å². The van der Waals surface area contributed by atoms with Crippen molar-refractivity contribution in [1.29, 1.82) is 0 Å². The van der Waals surface area contributed by atoms with Crippen LogP contribution in [0.25, 0.3) is 0 Å². The van der Waals surface area contributed by atoms with Crippen LogP contribution in [0.4, 0.5) is 5.69 Å². The third-order valence-corrected chi connectivity index (χ3v) is 3.95. The number of carbonyl (C=O) groups is 1.